The first kappa shape index (κ1) is 12.1. The van der Waals surface area contributed by atoms with E-state index in [-0.39, 0.29) is 17.2 Å². The molecule has 0 N–H and O–H groups in total. The Bertz CT molecular complexity index is 568. The average Bonchev–Trinajstić information content (AvgIpc) is 2.62. The van der Waals surface area contributed by atoms with E-state index in [0.29, 0.717) is 24.7 Å². The normalized spacial score (nSPS) is 35.5. The molecule has 3 nitrogen and oxygen atoms in total. The summed E-state index contributed by atoms with van der Waals surface area (Å²) in [6.07, 6.45) is 3.45. The van der Waals surface area contributed by atoms with E-state index in [1.54, 1.807) is 0 Å². The number of likely N-dealkylation sites (tertiary alicyclic amines) is 1. The first-order chi connectivity index (χ1) is 9.72. The van der Waals surface area contributed by atoms with Gasteiger partial charge in [0, 0.05) is 25.4 Å². The summed E-state index contributed by atoms with van der Waals surface area (Å²) >= 11 is 0. The monoisotopic (exact) mass is 269 g/mol. The zero-order chi connectivity index (χ0) is 13.7. The molecule has 1 aromatic rings. The Hall–Kier alpha value is -1.64. The molecule has 1 spiro atoms. The fraction of sp³-hybridized carbons (Fsp3) is 0.529. The Morgan fingerprint density at radius 3 is 2.80 bits per heavy atom. The van der Waals surface area contributed by atoms with Gasteiger partial charge in [0.2, 0.25) is 5.91 Å². The van der Waals surface area contributed by atoms with Gasteiger partial charge < -0.3 is 4.90 Å². The van der Waals surface area contributed by atoms with Crippen molar-refractivity contribution >= 4 is 11.7 Å². The summed E-state index contributed by atoms with van der Waals surface area (Å²) in [5.41, 5.74) is 0.877. The molecule has 20 heavy (non-hydrogen) atoms. The van der Waals surface area contributed by atoms with Crippen LogP contribution in [-0.4, -0.2) is 23.1 Å². The minimum atomic E-state index is -0.301. The molecule has 104 valence electrons. The van der Waals surface area contributed by atoms with Crippen LogP contribution in [0.3, 0.4) is 0 Å². The summed E-state index contributed by atoms with van der Waals surface area (Å²) in [6, 6.07) is 10.1. The highest BCUT2D eigenvalue weighted by Gasteiger charge is 2.67. The highest BCUT2D eigenvalue weighted by molar-refractivity contribution is 5.96. The molecule has 1 saturated heterocycles. The maximum absolute atomic E-state index is 12.8. The summed E-state index contributed by atoms with van der Waals surface area (Å²) in [6.45, 7) is 1.54. The number of Topliss-reactive ketones (excluding diaryl/α,β-unsaturated/α-hetero) is 1. The van der Waals surface area contributed by atoms with Crippen molar-refractivity contribution in [1.29, 1.82) is 0 Å². The fourth-order valence-electron chi connectivity index (χ4n) is 4.61. The number of carbonyl (C=O) groups is 2. The molecule has 1 heterocycles. The predicted molar refractivity (Wildman–Crippen MR) is 74.7 cm³/mol. The molecule has 1 amide bonds. The quantitative estimate of drug-likeness (QED) is 0.826. The Morgan fingerprint density at radius 2 is 2.00 bits per heavy atom. The molecule has 3 atom stereocenters. The molecule has 3 fully saturated rings. The Balaban J connectivity index is 1.58. The molecule has 1 aliphatic heterocycles. The van der Waals surface area contributed by atoms with Gasteiger partial charge >= 0.3 is 0 Å². The number of ketones is 1. The van der Waals surface area contributed by atoms with Gasteiger partial charge in [-0.3, -0.25) is 9.59 Å². The van der Waals surface area contributed by atoms with Gasteiger partial charge in [-0.2, -0.15) is 0 Å². The van der Waals surface area contributed by atoms with Crippen LogP contribution < -0.4 is 0 Å². The van der Waals surface area contributed by atoms with Crippen LogP contribution in [0, 0.1) is 17.3 Å². The van der Waals surface area contributed by atoms with E-state index in [1.165, 1.54) is 5.56 Å². The number of carbonyl (C=O) groups excluding carboxylic acids is 2. The highest BCUT2D eigenvalue weighted by Crippen LogP contribution is 2.62. The summed E-state index contributed by atoms with van der Waals surface area (Å²) < 4.78 is 0. The molecular formula is C17H19NO2. The number of nitrogens with zero attached hydrogens (tertiary/aromatic N) is 1. The number of rotatable bonds is 2. The summed E-state index contributed by atoms with van der Waals surface area (Å²) in [5, 5.41) is 0. The van der Waals surface area contributed by atoms with Crippen molar-refractivity contribution in [2.24, 2.45) is 17.3 Å². The Kier molecular flexibility index (Phi) is 2.53. The molecule has 0 radical (unpaired) electrons. The Morgan fingerprint density at radius 1 is 1.20 bits per heavy atom. The lowest BCUT2D eigenvalue weighted by molar-refractivity contribution is -0.160. The molecule has 0 bridgehead atoms. The summed E-state index contributed by atoms with van der Waals surface area (Å²) in [4.78, 5) is 26.9. The average molecular weight is 269 g/mol. The van der Waals surface area contributed by atoms with Crippen LogP contribution in [0.5, 0.6) is 0 Å². The number of hydrogen-bond donors (Lipinski definition) is 0. The number of benzene rings is 1. The standard InChI is InChI=1S/C17H19NO2/c19-15-7-4-8-17-13(9-14(15)17)11-18(16(17)20)10-12-5-2-1-3-6-12/h1-3,5-6,13-14H,4,7-11H2/t13-,14+,17?/m0/s1. The van der Waals surface area contributed by atoms with E-state index >= 15 is 0 Å². The zero-order valence-corrected chi connectivity index (χ0v) is 11.5. The molecule has 3 aliphatic rings. The van der Waals surface area contributed by atoms with Gasteiger partial charge in [-0.05, 0) is 30.7 Å². The lowest BCUT2D eigenvalue weighted by atomic mass is 9.48. The SMILES string of the molecule is O=C1CCCC23C(=O)N(Cc4ccccc4)C[C@@H]2C[C@H]13. The topological polar surface area (TPSA) is 37.4 Å². The maximum Gasteiger partial charge on any atom is 0.230 e. The maximum atomic E-state index is 12.8. The second-order valence-electron chi connectivity index (χ2n) is 6.52. The smallest absolute Gasteiger partial charge is 0.230 e. The molecule has 2 aliphatic carbocycles. The second-order valence-corrected chi connectivity index (χ2v) is 6.52. The molecule has 1 aromatic carbocycles. The first-order valence-corrected chi connectivity index (χ1v) is 7.58. The van der Waals surface area contributed by atoms with E-state index in [0.717, 1.165) is 25.8 Å². The van der Waals surface area contributed by atoms with Crippen molar-refractivity contribution in [2.45, 2.75) is 32.2 Å². The minimum Gasteiger partial charge on any atom is -0.338 e. The van der Waals surface area contributed by atoms with Crippen molar-refractivity contribution in [3.05, 3.63) is 35.9 Å². The van der Waals surface area contributed by atoms with Crippen LogP contribution in [-0.2, 0) is 16.1 Å². The predicted octanol–water partition coefficient (Wildman–Crippen LogP) is 2.40. The molecule has 4 rings (SSSR count). The van der Waals surface area contributed by atoms with Gasteiger partial charge in [0.15, 0.2) is 0 Å². The van der Waals surface area contributed by atoms with Crippen molar-refractivity contribution in [3.63, 3.8) is 0 Å². The van der Waals surface area contributed by atoms with Gasteiger partial charge in [0.05, 0.1) is 5.41 Å². The molecular weight excluding hydrogens is 250 g/mol. The highest BCUT2D eigenvalue weighted by atomic mass is 16.2. The van der Waals surface area contributed by atoms with E-state index in [9.17, 15) is 9.59 Å². The van der Waals surface area contributed by atoms with Crippen LogP contribution in [0.15, 0.2) is 30.3 Å². The van der Waals surface area contributed by atoms with Crippen LogP contribution >= 0.6 is 0 Å². The summed E-state index contributed by atoms with van der Waals surface area (Å²) in [7, 11) is 0. The van der Waals surface area contributed by atoms with Gasteiger partial charge in [0.1, 0.15) is 5.78 Å². The van der Waals surface area contributed by atoms with Crippen molar-refractivity contribution in [3.8, 4) is 0 Å². The van der Waals surface area contributed by atoms with Gasteiger partial charge in [0.25, 0.3) is 0 Å². The molecule has 1 unspecified atom stereocenters. The Labute approximate surface area is 119 Å². The third-order valence-electron chi connectivity index (χ3n) is 5.62. The van der Waals surface area contributed by atoms with E-state index < -0.39 is 0 Å². The first-order valence-electron chi connectivity index (χ1n) is 7.58. The molecule has 0 aromatic heterocycles. The van der Waals surface area contributed by atoms with Crippen LogP contribution in [0.25, 0.3) is 0 Å². The van der Waals surface area contributed by atoms with E-state index in [1.807, 2.05) is 23.1 Å². The van der Waals surface area contributed by atoms with Crippen LogP contribution in [0.2, 0.25) is 0 Å². The van der Waals surface area contributed by atoms with E-state index in [2.05, 4.69) is 12.1 Å². The minimum absolute atomic E-state index is 0.0366. The fourth-order valence-corrected chi connectivity index (χ4v) is 4.61. The largest absolute Gasteiger partial charge is 0.338 e. The third kappa shape index (κ3) is 1.46. The van der Waals surface area contributed by atoms with Crippen LogP contribution in [0.4, 0.5) is 0 Å². The third-order valence-corrected chi connectivity index (χ3v) is 5.62. The molecule has 3 heteroatoms. The van der Waals surface area contributed by atoms with Gasteiger partial charge in [-0.1, -0.05) is 30.3 Å². The zero-order valence-electron chi connectivity index (χ0n) is 11.5. The number of amides is 1. The summed E-state index contributed by atoms with van der Waals surface area (Å²) in [5.74, 6) is 1.04. The number of hydrogen-bond acceptors (Lipinski definition) is 2. The lowest BCUT2D eigenvalue weighted by Gasteiger charge is -2.51. The van der Waals surface area contributed by atoms with Gasteiger partial charge in [-0.15, -0.1) is 0 Å². The van der Waals surface area contributed by atoms with Crippen molar-refractivity contribution < 1.29 is 9.59 Å². The van der Waals surface area contributed by atoms with Crippen molar-refractivity contribution in [1.82, 2.24) is 4.90 Å². The van der Waals surface area contributed by atoms with Crippen LogP contribution in [0.1, 0.15) is 31.2 Å². The molecule has 2 saturated carbocycles. The van der Waals surface area contributed by atoms with Gasteiger partial charge in [-0.25, -0.2) is 0 Å². The van der Waals surface area contributed by atoms with Crippen molar-refractivity contribution in [2.75, 3.05) is 6.54 Å². The lowest BCUT2D eigenvalue weighted by Crippen LogP contribution is -2.56. The second kappa shape index (κ2) is 4.18. The van der Waals surface area contributed by atoms with E-state index in [4.69, 9.17) is 0 Å².